The number of nitrogens with zero attached hydrogens (tertiary/aromatic N) is 2. The fourth-order valence-electron chi connectivity index (χ4n) is 2.99. The summed E-state index contributed by atoms with van der Waals surface area (Å²) in [7, 11) is 8.10. The summed E-state index contributed by atoms with van der Waals surface area (Å²) in [5.41, 5.74) is 4.55. The second-order valence-corrected chi connectivity index (χ2v) is 7.30. The zero-order valence-corrected chi connectivity index (χ0v) is 17.2. The van der Waals surface area contributed by atoms with E-state index in [0.717, 1.165) is 35.3 Å². The van der Waals surface area contributed by atoms with Gasteiger partial charge in [0, 0.05) is 45.5 Å². The minimum atomic E-state index is -0.137. The van der Waals surface area contributed by atoms with Gasteiger partial charge in [0.2, 0.25) is 0 Å². The molecule has 2 aromatic rings. The van der Waals surface area contributed by atoms with Gasteiger partial charge in [-0.3, -0.25) is 4.79 Å². The fraction of sp³-hybridized carbons (Fsp3) is 0.435. The van der Waals surface area contributed by atoms with Crippen molar-refractivity contribution < 1.29 is 9.53 Å². The molecule has 4 heteroatoms. The second-order valence-electron chi connectivity index (χ2n) is 7.30. The van der Waals surface area contributed by atoms with Crippen LogP contribution in [0.1, 0.15) is 43.2 Å². The molecule has 0 aliphatic rings. The molecule has 0 spiro atoms. The van der Waals surface area contributed by atoms with E-state index in [2.05, 4.69) is 65.3 Å². The normalized spacial score (nSPS) is 10.7. The standard InChI is InChI=1S/C23H32N2O2/c1-6-7-16-27-23(26)17-22(18-8-12-20(13-9-18)24(2)3)19-10-14-21(15-11-19)25(4)5/h8-15,22H,6-7,16-17H2,1-5H3. The van der Waals surface area contributed by atoms with Crippen molar-refractivity contribution in [2.45, 2.75) is 32.1 Å². The maximum absolute atomic E-state index is 12.4. The van der Waals surface area contributed by atoms with Crippen LogP contribution in [0.5, 0.6) is 0 Å². The highest BCUT2D eigenvalue weighted by atomic mass is 16.5. The Bertz CT molecular complexity index is 655. The fourth-order valence-corrected chi connectivity index (χ4v) is 2.99. The van der Waals surface area contributed by atoms with Gasteiger partial charge in [0.25, 0.3) is 0 Å². The molecule has 0 atom stereocenters. The van der Waals surface area contributed by atoms with E-state index in [1.54, 1.807) is 0 Å². The van der Waals surface area contributed by atoms with Crippen molar-refractivity contribution in [2.75, 3.05) is 44.6 Å². The maximum Gasteiger partial charge on any atom is 0.306 e. The van der Waals surface area contributed by atoms with Crippen LogP contribution in [-0.2, 0) is 9.53 Å². The average Bonchev–Trinajstić information content (AvgIpc) is 2.66. The smallest absolute Gasteiger partial charge is 0.306 e. The average molecular weight is 369 g/mol. The van der Waals surface area contributed by atoms with Gasteiger partial charge in [0.05, 0.1) is 13.0 Å². The lowest BCUT2D eigenvalue weighted by Gasteiger charge is -2.20. The monoisotopic (exact) mass is 368 g/mol. The summed E-state index contributed by atoms with van der Waals surface area (Å²) >= 11 is 0. The molecule has 4 nitrogen and oxygen atoms in total. The number of esters is 1. The Morgan fingerprint density at radius 1 is 0.852 bits per heavy atom. The van der Waals surface area contributed by atoms with E-state index >= 15 is 0 Å². The molecule has 0 aromatic heterocycles. The van der Waals surface area contributed by atoms with Gasteiger partial charge >= 0.3 is 5.97 Å². The topological polar surface area (TPSA) is 32.8 Å². The molecule has 0 aliphatic carbocycles. The molecule has 146 valence electrons. The highest BCUT2D eigenvalue weighted by Crippen LogP contribution is 2.31. The molecule has 0 saturated carbocycles. The first-order chi connectivity index (χ1) is 12.9. The summed E-state index contributed by atoms with van der Waals surface area (Å²) in [4.78, 5) is 16.5. The Morgan fingerprint density at radius 3 is 1.67 bits per heavy atom. The summed E-state index contributed by atoms with van der Waals surface area (Å²) in [6.07, 6.45) is 2.28. The van der Waals surface area contributed by atoms with E-state index in [4.69, 9.17) is 4.74 Å². The number of carbonyl (C=O) groups is 1. The molecule has 0 N–H and O–H groups in total. The zero-order chi connectivity index (χ0) is 19.8. The molecule has 0 radical (unpaired) electrons. The summed E-state index contributed by atoms with van der Waals surface area (Å²) in [5.74, 6) is -0.145. The number of carbonyl (C=O) groups excluding carboxylic acids is 1. The first kappa shape index (κ1) is 20.8. The Morgan fingerprint density at radius 2 is 1.30 bits per heavy atom. The van der Waals surface area contributed by atoms with Crippen molar-refractivity contribution in [3.63, 3.8) is 0 Å². The molecular formula is C23H32N2O2. The quantitative estimate of drug-likeness (QED) is 0.475. The van der Waals surface area contributed by atoms with E-state index in [1.165, 1.54) is 0 Å². The molecule has 0 heterocycles. The van der Waals surface area contributed by atoms with Crippen molar-refractivity contribution in [3.05, 3.63) is 59.7 Å². The van der Waals surface area contributed by atoms with Crippen molar-refractivity contribution in [2.24, 2.45) is 0 Å². The molecule has 27 heavy (non-hydrogen) atoms. The van der Waals surface area contributed by atoms with Gasteiger partial charge in [-0.2, -0.15) is 0 Å². The highest BCUT2D eigenvalue weighted by molar-refractivity contribution is 5.71. The Kier molecular flexibility index (Phi) is 7.71. The van der Waals surface area contributed by atoms with E-state index < -0.39 is 0 Å². The number of hydrogen-bond acceptors (Lipinski definition) is 4. The van der Waals surface area contributed by atoms with Crippen LogP contribution in [0.4, 0.5) is 11.4 Å². The summed E-state index contributed by atoms with van der Waals surface area (Å²) in [5, 5.41) is 0. The second kappa shape index (κ2) is 10.0. The van der Waals surface area contributed by atoms with Crippen LogP contribution in [0.15, 0.2) is 48.5 Å². The van der Waals surface area contributed by atoms with Crippen LogP contribution in [0.25, 0.3) is 0 Å². The molecule has 0 fully saturated rings. The number of rotatable bonds is 9. The van der Waals surface area contributed by atoms with E-state index in [1.807, 2.05) is 28.2 Å². The van der Waals surface area contributed by atoms with Crippen molar-refractivity contribution in [1.29, 1.82) is 0 Å². The number of hydrogen-bond donors (Lipinski definition) is 0. The van der Waals surface area contributed by atoms with Crippen molar-refractivity contribution in [1.82, 2.24) is 0 Å². The third kappa shape index (κ3) is 6.02. The first-order valence-corrected chi connectivity index (χ1v) is 9.62. The van der Waals surface area contributed by atoms with Crippen LogP contribution in [0.3, 0.4) is 0 Å². The zero-order valence-electron chi connectivity index (χ0n) is 17.2. The first-order valence-electron chi connectivity index (χ1n) is 9.62. The third-order valence-corrected chi connectivity index (χ3v) is 4.76. The molecule has 0 amide bonds. The van der Waals surface area contributed by atoms with Gasteiger partial charge in [-0.25, -0.2) is 0 Å². The maximum atomic E-state index is 12.4. The lowest BCUT2D eigenvalue weighted by molar-refractivity contribution is -0.144. The Hall–Kier alpha value is -2.49. The van der Waals surface area contributed by atoms with Gasteiger partial charge in [-0.1, -0.05) is 37.6 Å². The number of anilines is 2. The van der Waals surface area contributed by atoms with Crippen LogP contribution < -0.4 is 9.80 Å². The van der Waals surface area contributed by atoms with E-state index in [-0.39, 0.29) is 11.9 Å². The number of ether oxygens (including phenoxy) is 1. The minimum Gasteiger partial charge on any atom is -0.466 e. The molecule has 0 saturated heterocycles. The predicted octanol–water partition coefficient (Wildman–Crippen LogP) is 4.68. The molecular weight excluding hydrogens is 336 g/mol. The lowest BCUT2D eigenvalue weighted by Crippen LogP contribution is -2.14. The van der Waals surface area contributed by atoms with Crippen molar-refractivity contribution in [3.8, 4) is 0 Å². The summed E-state index contributed by atoms with van der Waals surface area (Å²) in [6, 6.07) is 16.8. The van der Waals surface area contributed by atoms with Crippen LogP contribution in [0.2, 0.25) is 0 Å². The SMILES string of the molecule is CCCCOC(=O)CC(c1ccc(N(C)C)cc1)c1ccc(N(C)C)cc1. The lowest BCUT2D eigenvalue weighted by atomic mass is 9.88. The molecule has 0 bridgehead atoms. The Labute approximate surface area is 163 Å². The largest absolute Gasteiger partial charge is 0.466 e. The van der Waals surface area contributed by atoms with Gasteiger partial charge in [0.15, 0.2) is 0 Å². The highest BCUT2D eigenvalue weighted by Gasteiger charge is 2.19. The summed E-state index contributed by atoms with van der Waals surface area (Å²) < 4.78 is 5.42. The van der Waals surface area contributed by atoms with Gasteiger partial charge in [-0.05, 0) is 41.8 Å². The van der Waals surface area contributed by atoms with E-state index in [0.29, 0.717) is 13.0 Å². The van der Waals surface area contributed by atoms with Gasteiger partial charge in [0.1, 0.15) is 0 Å². The predicted molar refractivity (Wildman–Crippen MR) is 114 cm³/mol. The summed E-state index contributed by atoms with van der Waals surface area (Å²) in [6.45, 7) is 2.59. The Balaban J connectivity index is 2.25. The third-order valence-electron chi connectivity index (χ3n) is 4.76. The van der Waals surface area contributed by atoms with E-state index in [9.17, 15) is 4.79 Å². The van der Waals surface area contributed by atoms with Gasteiger partial charge in [-0.15, -0.1) is 0 Å². The number of unbranched alkanes of at least 4 members (excludes halogenated alkanes) is 1. The number of benzene rings is 2. The van der Waals surface area contributed by atoms with Crippen LogP contribution in [-0.4, -0.2) is 40.8 Å². The minimum absolute atomic E-state index is 0.00782. The van der Waals surface area contributed by atoms with Crippen LogP contribution in [0, 0.1) is 0 Å². The molecule has 2 rings (SSSR count). The van der Waals surface area contributed by atoms with Gasteiger partial charge < -0.3 is 14.5 Å². The van der Waals surface area contributed by atoms with Crippen molar-refractivity contribution >= 4 is 17.3 Å². The van der Waals surface area contributed by atoms with Crippen LogP contribution >= 0.6 is 0 Å². The molecule has 0 aliphatic heterocycles. The molecule has 2 aromatic carbocycles. The molecule has 0 unspecified atom stereocenters.